The van der Waals surface area contributed by atoms with Crippen LogP contribution in [-0.4, -0.2) is 22.7 Å². The smallest absolute Gasteiger partial charge is 0.170 e. The van der Waals surface area contributed by atoms with E-state index < -0.39 is 0 Å². The first-order chi connectivity index (χ1) is 9.24. The van der Waals surface area contributed by atoms with E-state index >= 15 is 0 Å². The van der Waals surface area contributed by atoms with Crippen molar-refractivity contribution in [1.29, 1.82) is 0 Å². The van der Waals surface area contributed by atoms with Crippen LogP contribution in [0.3, 0.4) is 0 Å². The van der Waals surface area contributed by atoms with Gasteiger partial charge in [0.2, 0.25) is 0 Å². The van der Waals surface area contributed by atoms with Gasteiger partial charge in [0.05, 0.1) is 0 Å². The number of thiocarbonyl (C=S) groups is 1. The summed E-state index contributed by atoms with van der Waals surface area (Å²) in [6.07, 6.45) is 5.50. The topological polar surface area (TPSA) is 24.1 Å². The molecule has 0 atom stereocenters. The van der Waals surface area contributed by atoms with Crippen molar-refractivity contribution in [2.24, 2.45) is 0 Å². The number of rotatable bonds is 5. The minimum Gasteiger partial charge on any atom is -0.362 e. The molecule has 1 aromatic carbocycles. The van der Waals surface area contributed by atoms with E-state index in [1.54, 1.807) is 12.1 Å². The normalized spacial score (nSPS) is 15.4. The molecule has 5 heteroatoms. The summed E-state index contributed by atoms with van der Waals surface area (Å²) in [5.41, 5.74) is 0.808. The molecule has 0 aliphatic heterocycles. The summed E-state index contributed by atoms with van der Waals surface area (Å²) in [6.45, 7) is 0.869. The van der Waals surface area contributed by atoms with Crippen LogP contribution in [0, 0.1) is 5.82 Å². The van der Waals surface area contributed by atoms with Gasteiger partial charge in [0.15, 0.2) is 5.11 Å². The molecule has 0 heterocycles. The van der Waals surface area contributed by atoms with Crippen molar-refractivity contribution >= 4 is 34.8 Å². The molecule has 2 nitrogen and oxygen atoms in total. The maximum atomic E-state index is 12.7. The van der Waals surface area contributed by atoms with Crippen LogP contribution in [0.15, 0.2) is 24.3 Å². The summed E-state index contributed by atoms with van der Waals surface area (Å²) in [6, 6.07) is 6.19. The molecule has 0 bridgehead atoms. The zero-order valence-electron chi connectivity index (χ0n) is 10.8. The molecular formula is C14H19FN2S2. The third-order valence-corrected chi connectivity index (χ3v) is 4.77. The van der Waals surface area contributed by atoms with Gasteiger partial charge < -0.3 is 10.6 Å². The van der Waals surface area contributed by atoms with Crippen LogP contribution in [0.1, 0.15) is 25.7 Å². The lowest BCUT2D eigenvalue weighted by molar-refractivity contribution is 0.628. The summed E-state index contributed by atoms with van der Waals surface area (Å²) < 4.78 is 12.7. The fourth-order valence-corrected chi connectivity index (χ4v) is 3.59. The second kappa shape index (κ2) is 7.70. The Balaban J connectivity index is 1.60. The summed E-state index contributed by atoms with van der Waals surface area (Å²) in [5.74, 6) is 0.841. The Labute approximate surface area is 123 Å². The Morgan fingerprint density at radius 1 is 1.26 bits per heavy atom. The lowest BCUT2D eigenvalue weighted by atomic mass is 10.3. The van der Waals surface area contributed by atoms with E-state index in [0.29, 0.717) is 5.11 Å². The van der Waals surface area contributed by atoms with Gasteiger partial charge in [-0.3, -0.25) is 0 Å². The minimum atomic E-state index is -0.239. The van der Waals surface area contributed by atoms with E-state index in [2.05, 4.69) is 10.6 Å². The van der Waals surface area contributed by atoms with Crippen molar-refractivity contribution in [3.63, 3.8) is 0 Å². The number of hydrogen-bond donors (Lipinski definition) is 2. The number of benzene rings is 1. The van der Waals surface area contributed by atoms with Gasteiger partial charge in [-0.05, 0) is 49.3 Å². The fourth-order valence-electron chi connectivity index (χ4n) is 2.15. The molecule has 1 saturated carbocycles. The standard InChI is InChI=1S/C14H19FN2S2/c15-11-5-7-12(8-6-11)17-14(18)16-9-10-19-13-3-1-2-4-13/h5-8,13H,1-4,9-10H2,(H2,16,17,18). The molecule has 0 saturated heterocycles. The Kier molecular flexibility index (Phi) is 5.92. The van der Waals surface area contributed by atoms with Gasteiger partial charge in [0.25, 0.3) is 0 Å². The number of anilines is 1. The summed E-state index contributed by atoms with van der Waals surface area (Å²) >= 11 is 7.23. The molecular weight excluding hydrogens is 279 g/mol. The van der Waals surface area contributed by atoms with Crippen LogP contribution in [0.2, 0.25) is 0 Å². The highest BCUT2D eigenvalue weighted by molar-refractivity contribution is 7.99. The van der Waals surface area contributed by atoms with E-state index in [1.807, 2.05) is 11.8 Å². The van der Waals surface area contributed by atoms with Gasteiger partial charge in [0.1, 0.15) is 5.82 Å². The van der Waals surface area contributed by atoms with E-state index in [4.69, 9.17) is 12.2 Å². The Morgan fingerprint density at radius 3 is 2.63 bits per heavy atom. The van der Waals surface area contributed by atoms with Crippen molar-refractivity contribution in [3.8, 4) is 0 Å². The van der Waals surface area contributed by atoms with Crippen LogP contribution in [0.5, 0.6) is 0 Å². The molecule has 1 aromatic rings. The highest BCUT2D eigenvalue weighted by Crippen LogP contribution is 2.28. The summed E-state index contributed by atoms with van der Waals surface area (Å²) in [5, 5.41) is 7.66. The second-order valence-electron chi connectivity index (χ2n) is 4.67. The van der Waals surface area contributed by atoms with Gasteiger partial charge >= 0.3 is 0 Å². The average Bonchev–Trinajstić information content (AvgIpc) is 2.91. The van der Waals surface area contributed by atoms with Crippen molar-refractivity contribution < 1.29 is 4.39 Å². The molecule has 0 aromatic heterocycles. The molecule has 1 fully saturated rings. The summed E-state index contributed by atoms with van der Waals surface area (Å²) in [7, 11) is 0. The van der Waals surface area contributed by atoms with Crippen LogP contribution in [0.4, 0.5) is 10.1 Å². The van der Waals surface area contributed by atoms with E-state index in [1.165, 1.54) is 37.8 Å². The molecule has 104 valence electrons. The maximum absolute atomic E-state index is 12.7. The molecule has 2 rings (SSSR count). The van der Waals surface area contributed by atoms with Crippen LogP contribution in [-0.2, 0) is 0 Å². The zero-order chi connectivity index (χ0) is 13.5. The van der Waals surface area contributed by atoms with E-state index in [0.717, 1.165) is 23.2 Å². The highest BCUT2D eigenvalue weighted by atomic mass is 32.2. The predicted octanol–water partition coefficient (Wildman–Crippen LogP) is 3.79. The first kappa shape index (κ1) is 14.6. The van der Waals surface area contributed by atoms with Crippen molar-refractivity contribution in [2.45, 2.75) is 30.9 Å². The van der Waals surface area contributed by atoms with E-state index in [9.17, 15) is 4.39 Å². The Hall–Kier alpha value is -0.810. The van der Waals surface area contributed by atoms with Crippen LogP contribution in [0.25, 0.3) is 0 Å². The quantitative estimate of drug-likeness (QED) is 0.638. The second-order valence-corrected chi connectivity index (χ2v) is 6.48. The number of hydrogen-bond acceptors (Lipinski definition) is 2. The highest BCUT2D eigenvalue weighted by Gasteiger charge is 2.14. The molecule has 2 N–H and O–H groups in total. The summed E-state index contributed by atoms with van der Waals surface area (Å²) in [4.78, 5) is 0. The first-order valence-corrected chi connectivity index (χ1v) is 8.12. The van der Waals surface area contributed by atoms with Crippen LogP contribution >= 0.6 is 24.0 Å². The molecule has 1 aliphatic rings. The molecule has 0 radical (unpaired) electrons. The third-order valence-electron chi connectivity index (χ3n) is 3.15. The number of nitrogens with one attached hydrogen (secondary N) is 2. The van der Waals surface area contributed by atoms with Gasteiger partial charge in [-0.2, -0.15) is 11.8 Å². The molecule has 0 unspecified atom stereocenters. The lowest BCUT2D eigenvalue weighted by Gasteiger charge is -2.12. The monoisotopic (exact) mass is 298 g/mol. The SMILES string of the molecule is Fc1ccc(NC(=S)NCCSC2CCCC2)cc1. The number of halogens is 1. The third kappa shape index (κ3) is 5.37. The Bertz CT molecular complexity index is 402. The van der Waals surface area contributed by atoms with Gasteiger partial charge in [0, 0.05) is 23.2 Å². The van der Waals surface area contributed by atoms with Crippen molar-refractivity contribution in [2.75, 3.05) is 17.6 Å². The van der Waals surface area contributed by atoms with Gasteiger partial charge in [-0.25, -0.2) is 4.39 Å². The largest absolute Gasteiger partial charge is 0.362 e. The van der Waals surface area contributed by atoms with Crippen molar-refractivity contribution in [1.82, 2.24) is 5.32 Å². The van der Waals surface area contributed by atoms with Gasteiger partial charge in [-0.1, -0.05) is 12.8 Å². The molecule has 0 amide bonds. The maximum Gasteiger partial charge on any atom is 0.170 e. The number of thioether (sulfide) groups is 1. The van der Waals surface area contributed by atoms with Crippen molar-refractivity contribution in [3.05, 3.63) is 30.1 Å². The van der Waals surface area contributed by atoms with E-state index in [-0.39, 0.29) is 5.82 Å². The Morgan fingerprint density at radius 2 is 1.95 bits per heavy atom. The molecule has 1 aliphatic carbocycles. The lowest BCUT2D eigenvalue weighted by Crippen LogP contribution is -2.30. The zero-order valence-corrected chi connectivity index (χ0v) is 12.5. The first-order valence-electron chi connectivity index (χ1n) is 6.66. The molecule has 0 spiro atoms. The average molecular weight is 298 g/mol. The molecule has 19 heavy (non-hydrogen) atoms. The predicted molar refractivity (Wildman–Crippen MR) is 85.3 cm³/mol. The minimum absolute atomic E-state index is 0.239. The van der Waals surface area contributed by atoms with Crippen LogP contribution < -0.4 is 10.6 Å². The fraction of sp³-hybridized carbons (Fsp3) is 0.500. The van der Waals surface area contributed by atoms with Gasteiger partial charge in [-0.15, -0.1) is 0 Å².